The van der Waals surface area contributed by atoms with E-state index in [1.54, 1.807) is 0 Å². The minimum Gasteiger partial charge on any atom is -0.303 e. The molecule has 0 saturated heterocycles. The monoisotopic (exact) mass is 631 g/mol. The zero-order valence-electron chi connectivity index (χ0n) is 29.7. The van der Waals surface area contributed by atoms with Crippen LogP contribution in [0.1, 0.15) is 233 Å². The fourth-order valence-electron chi connectivity index (χ4n) is 6.77. The van der Waals surface area contributed by atoms with Crippen molar-refractivity contribution >= 4 is 7.82 Å². The van der Waals surface area contributed by atoms with Gasteiger partial charge in [0.05, 0.1) is 6.61 Å². The summed E-state index contributed by atoms with van der Waals surface area (Å²) in [6, 6.07) is 0. The first-order chi connectivity index (χ1) is 20.9. The van der Waals surface area contributed by atoms with Gasteiger partial charge in [0, 0.05) is 0 Å². The predicted octanol–water partition coefficient (Wildman–Crippen LogP) is 14.0. The SMILES string of the molecule is CCCCCCCCCCCCC(CCCCCCCCCCCC)(CCCCCCCCCCCC)COP(=O)(O)O. The Morgan fingerprint density at radius 1 is 0.395 bits per heavy atom. The van der Waals surface area contributed by atoms with Gasteiger partial charge in [-0.1, -0.05) is 213 Å². The van der Waals surface area contributed by atoms with Crippen molar-refractivity contribution in [1.29, 1.82) is 0 Å². The van der Waals surface area contributed by atoms with Gasteiger partial charge in [0.15, 0.2) is 0 Å². The van der Waals surface area contributed by atoms with Crippen LogP contribution < -0.4 is 0 Å². The zero-order valence-corrected chi connectivity index (χ0v) is 30.6. The molecule has 0 saturated carbocycles. The standard InChI is InChI=1S/C38H79O4P/c1-4-7-10-13-16-19-22-25-28-31-34-38(37-42-43(39,40)41,35-32-29-26-23-20-17-14-11-8-5-2)36-33-30-27-24-21-18-15-12-9-6-3/h4-37H2,1-3H3,(H2,39,40,41). The molecule has 2 N–H and O–H groups in total. The average molecular weight is 631 g/mol. The van der Waals surface area contributed by atoms with Crippen molar-refractivity contribution in [2.75, 3.05) is 6.61 Å². The molecule has 0 amide bonds. The van der Waals surface area contributed by atoms with Crippen LogP contribution in [0, 0.1) is 5.41 Å². The molecule has 0 aromatic rings. The number of hydrogen-bond donors (Lipinski definition) is 2. The summed E-state index contributed by atoms with van der Waals surface area (Å²) in [5.74, 6) is 0. The Bertz CT molecular complexity index is 531. The van der Waals surface area contributed by atoms with Crippen LogP contribution >= 0.6 is 7.82 Å². The molecule has 0 aromatic carbocycles. The Kier molecular flexibility index (Phi) is 32.1. The van der Waals surface area contributed by atoms with E-state index in [1.807, 2.05) is 0 Å². The molecule has 0 spiro atoms. The fraction of sp³-hybridized carbons (Fsp3) is 1.00. The van der Waals surface area contributed by atoms with Gasteiger partial charge in [-0.3, -0.25) is 4.52 Å². The molecule has 0 aliphatic rings. The van der Waals surface area contributed by atoms with Crippen molar-refractivity contribution in [3.8, 4) is 0 Å². The van der Waals surface area contributed by atoms with Gasteiger partial charge in [-0.15, -0.1) is 0 Å². The highest BCUT2D eigenvalue weighted by Crippen LogP contribution is 2.44. The fourth-order valence-corrected chi connectivity index (χ4v) is 7.22. The molecule has 43 heavy (non-hydrogen) atoms. The van der Waals surface area contributed by atoms with Crippen molar-refractivity contribution in [2.45, 2.75) is 233 Å². The molecule has 0 aliphatic heterocycles. The van der Waals surface area contributed by atoms with Crippen LogP contribution in [-0.4, -0.2) is 16.4 Å². The van der Waals surface area contributed by atoms with Crippen molar-refractivity contribution in [2.24, 2.45) is 5.41 Å². The quantitative estimate of drug-likeness (QED) is 0.0534. The van der Waals surface area contributed by atoms with Crippen molar-refractivity contribution in [1.82, 2.24) is 0 Å². The number of phosphoric ester groups is 1. The number of unbranched alkanes of at least 4 members (excludes halogenated alkanes) is 27. The summed E-state index contributed by atoms with van der Waals surface area (Å²) in [7, 11) is -4.46. The Labute approximate surface area is 270 Å². The summed E-state index contributed by atoms with van der Waals surface area (Å²) in [6.07, 6.45) is 42.8. The Hall–Kier alpha value is 0.110. The lowest BCUT2D eigenvalue weighted by Gasteiger charge is -2.34. The molecule has 0 unspecified atom stereocenters. The lowest BCUT2D eigenvalue weighted by molar-refractivity contribution is 0.0754. The van der Waals surface area contributed by atoms with E-state index >= 15 is 0 Å². The third kappa shape index (κ3) is 31.9. The molecule has 0 atom stereocenters. The van der Waals surface area contributed by atoms with Crippen LogP contribution in [0.15, 0.2) is 0 Å². The van der Waals surface area contributed by atoms with E-state index in [-0.39, 0.29) is 12.0 Å². The molecule has 4 nitrogen and oxygen atoms in total. The Balaban J connectivity index is 4.73. The van der Waals surface area contributed by atoms with Gasteiger partial charge >= 0.3 is 7.82 Å². The summed E-state index contributed by atoms with van der Waals surface area (Å²) in [5.41, 5.74) is -0.0818. The number of phosphoric acid groups is 1. The summed E-state index contributed by atoms with van der Waals surface area (Å²) < 4.78 is 17.1. The normalized spacial score (nSPS) is 12.4. The summed E-state index contributed by atoms with van der Waals surface area (Å²) >= 11 is 0. The molecule has 0 heterocycles. The molecule has 0 fully saturated rings. The molecular weight excluding hydrogens is 551 g/mol. The van der Waals surface area contributed by atoms with Crippen LogP contribution in [0.3, 0.4) is 0 Å². The van der Waals surface area contributed by atoms with E-state index in [4.69, 9.17) is 4.52 Å². The van der Waals surface area contributed by atoms with Crippen LogP contribution in [0.2, 0.25) is 0 Å². The topological polar surface area (TPSA) is 66.8 Å². The summed E-state index contributed by atoms with van der Waals surface area (Å²) in [6.45, 7) is 7.05. The van der Waals surface area contributed by atoms with E-state index < -0.39 is 7.82 Å². The first kappa shape index (κ1) is 43.1. The summed E-state index contributed by atoms with van der Waals surface area (Å²) in [5, 5.41) is 0. The van der Waals surface area contributed by atoms with Gasteiger partial charge < -0.3 is 9.79 Å². The molecule has 0 rings (SSSR count). The first-order valence-electron chi connectivity index (χ1n) is 19.6. The molecular formula is C38H79O4P. The van der Waals surface area contributed by atoms with Gasteiger partial charge in [0.2, 0.25) is 0 Å². The molecule has 5 heteroatoms. The second kappa shape index (κ2) is 32.1. The molecule has 0 bridgehead atoms. The van der Waals surface area contributed by atoms with Crippen molar-refractivity contribution in [3.63, 3.8) is 0 Å². The third-order valence-electron chi connectivity index (χ3n) is 9.72. The second-order valence-electron chi connectivity index (χ2n) is 14.1. The minimum atomic E-state index is -4.46. The van der Waals surface area contributed by atoms with Gasteiger partial charge in [-0.05, 0) is 24.7 Å². The maximum Gasteiger partial charge on any atom is 0.469 e. The Morgan fingerprint density at radius 2 is 0.605 bits per heavy atom. The lowest BCUT2D eigenvalue weighted by atomic mass is 9.74. The lowest BCUT2D eigenvalue weighted by Crippen LogP contribution is -2.27. The smallest absolute Gasteiger partial charge is 0.303 e. The largest absolute Gasteiger partial charge is 0.469 e. The van der Waals surface area contributed by atoms with Crippen molar-refractivity contribution in [3.05, 3.63) is 0 Å². The summed E-state index contributed by atoms with van der Waals surface area (Å²) in [4.78, 5) is 19.2. The molecule has 260 valence electrons. The Morgan fingerprint density at radius 3 is 0.814 bits per heavy atom. The van der Waals surface area contributed by atoms with Crippen LogP contribution in [0.25, 0.3) is 0 Å². The van der Waals surface area contributed by atoms with Gasteiger partial charge in [-0.25, -0.2) is 4.57 Å². The third-order valence-corrected chi connectivity index (χ3v) is 10.2. The first-order valence-corrected chi connectivity index (χ1v) is 21.1. The highest BCUT2D eigenvalue weighted by Gasteiger charge is 2.32. The predicted molar refractivity (Wildman–Crippen MR) is 190 cm³/mol. The van der Waals surface area contributed by atoms with E-state index in [9.17, 15) is 14.4 Å². The molecule has 0 aromatic heterocycles. The maximum atomic E-state index is 11.8. The molecule has 0 radical (unpaired) electrons. The highest BCUT2D eigenvalue weighted by atomic mass is 31.2. The molecule has 0 aliphatic carbocycles. The van der Waals surface area contributed by atoms with Crippen molar-refractivity contribution < 1.29 is 18.9 Å². The van der Waals surface area contributed by atoms with E-state index in [1.165, 1.54) is 173 Å². The minimum absolute atomic E-state index is 0.0818. The van der Waals surface area contributed by atoms with Gasteiger partial charge in [-0.2, -0.15) is 0 Å². The van der Waals surface area contributed by atoms with Crippen LogP contribution in [-0.2, 0) is 9.09 Å². The maximum absolute atomic E-state index is 11.8. The van der Waals surface area contributed by atoms with E-state index in [2.05, 4.69) is 20.8 Å². The van der Waals surface area contributed by atoms with Gasteiger partial charge in [0.1, 0.15) is 0 Å². The zero-order chi connectivity index (χ0) is 31.7. The number of hydrogen-bond acceptors (Lipinski definition) is 2. The van der Waals surface area contributed by atoms with Gasteiger partial charge in [0.25, 0.3) is 0 Å². The van der Waals surface area contributed by atoms with Crippen LogP contribution in [0.5, 0.6) is 0 Å². The second-order valence-corrected chi connectivity index (χ2v) is 15.3. The average Bonchev–Trinajstić information content (AvgIpc) is 2.98. The van der Waals surface area contributed by atoms with E-state index in [0.717, 1.165) is 38.5 Å². The van der Waals surface area contributed by atoms with E-state index in [0.29, 0.717) is 0 Å². The highest BCUT2D eigenvalue weighted by molar-refractivity contribution is 7.46. The number of rotatable bonds is 36. The van der Waals surface area contributed by atoms with Crippen LogP contribution in [0.4, 0.5) is 0 Å².